The van der Waals surface area contributed by atoms with Crippen LogP contribution in [0.3, 0.4) is 0 Å². The molecule has 0 radical (unpaired) electrons. The molecule has 1 amide bonds. The minimum atomic E-state index is -0.126. The van der Waals surface area contributed by atoms with Crippen LogP contribution >= 0.6 is 15.9 Å². The van der Waals surface area contributed by atoms with Crippen LogP contribution in [0.4, 0.5) is 0 Å². The van der Waals surface area contributed by atoms with Crippen LogP contribution < -0.4 is 0 Å². The maximum absolute atomic E-state index is 12.3. The Morgan fingerprint density at radius 1 is 1.59 bits per heavy atom. The Hall–Kier alpha value is -1.28. The standard InChI is InChI=1S/C12H13BrN2O2/c13-11-10(5-8-17-11)12(16)15(7-6-14)9-3-1-2-4-9/h5,8-9H,1-4,7H2. The van der Waals surface area contributed by atoms with Crippen LogP contribution in [0.25, 0.3) is 0 Å². The van der Waals surface area contributed by atoms with E-state index in [0.717, 1.165) is 25.7 Å². The smallest absolute Gasteiger partial charge is 0.259 e. The van der Waals surface area contributed by atoms with Crippen LogP contribution in [0.15, 0.2) is 21.4 Å². The van der Waals surface area contributed by atoms with Crippen molar-refractivity contribution < 1.29 is 9.21 Å². The van der Waals surface area contributed by atoms with E-state index in [0.29, 0.717) is 10.2 Å². The number of rotatable bonds is 3. The second-order valence-corrected chi connectivity index (χ2v) is 4.86. The summed E-state index contributed by atoms with van der Waals surface area (Å²) in [5.41, 5.74) is 0.493. The molecule has 0 atom stereocenters. The van der Waals surface area contributed by atoms with Crippen LogP contribution in [0.2, 0.25) is 0 Å². The highest BCUT2D eigenvalue weighted by Gasteiger charge is 2.28. The van der Waals surface area contributed by atoms with Gasteiger partial charge in [0.15, 0.2) is 4.67 Å². The molecule has 1 aliphatic rings. The van der Waals surface area contributed by atoms with Crippen molar-refractivity contribution in [3.8, 4) is 6.07 Å². The minimum Gasteiger partial charge on any atom is -0.457 e. The number of halogens is 1. The molecule has 1 fully saturated rings. The average Bonchev–Trinajstić information content (AvgIpc) is 2.95. The predicted molar refractivity (Wildman–Crippen MR) is 65.3 cm³/mol. The summed E-state index contributed by atoms with van der Waals surface area (Å²) in [5.74, 6) is -0.126. The summed E-state index contributed by atoms with van der Waals surface area (Å²) >= 11 is 3.20. The number of amides is 1. The first-order valence-electron chi connectivity index (χ1n) is 5.65. The van der Waals surface area contributed by atoms with E-state index >= 15 is 0 Å². The Balaban J connectivity index is 2.19. The fourth-order valence-electron chi connectivity index (χ4n) is 2.26. The fourth-order valence-corrected chi connectivity index (χ4v) is 2.67. The third kappa shape index (κ3) is 2.52. The molecule has 90 valence electrons. The van der Waals surface area contributed by atoms with Gasteiger partial charge in [0.05, 0.1) is 17.9 Å². The summed E-state index contributed by atoms with van der Waals surface area (Å²) in [5, 5.41) is 8.83. The first-order valence-corrected chi connectivity index (χ1v) is 6.44. The lowest BCUT2D eigenvalue weighted by molar-refractivity contribution is 0.0707. The minimum absolute atomic E-state index is 0.126. The van der Waals surface area contributed by atoms with Crippen molar-refractivity contribution in [3.63, 3.8) is 0 Å². The Morgan fingerprint density at radius 2 is 2.29 bits per heavy atom. The van der Waals surface area contributed by atoms with Crippen LogP contribution in [0.1, 0.15) is 36.0 Å². The van der Waals surface area contributed by atoms with Gasteiger partial charge in [-0.2, -0.15) is 5.26 Å². The van der Waals surface area contributed by atoms with E-state index in [1.54, 1.807) is 11.0 Å². The summed E-state index contributed by atoms with van der Waals surface area (Å²) in [6.07, 6.45) is 5.71. The molecule has 0 spiro atoms. The molecule has 5 heteroatoms. The maximum Gasteiger partial charge on any atom is 0.259 e. The van der Waals surface area contributed by atoms with Gasteiger partial charge >= 0.3 is 0 Å². The molecule has 1 saturated carbocycles. The first kappa shape index (κ1) is 12.2. The van der Waals surface area contributed by atoms with E-state index in [9.17, 15) is 4.79 Å². The van der Waals surface area contributed by atoms with Gasteiger partial charge in [-0.1, -0.05) is 12.8 Å². The molecule has 1 heterocycles. The van der Waals surface area contributed by atoms with Gasteiger partial charge in [-0.15, -0.1) is 0 Å². The Morgan fingerprint density at radius 3 is 2.82 bits per heavy atom. The Bertz CT molecular complexity index is 444. The van der Waals surface area contributed by atoms with Gasteiger partial charge in [0, 0.05) is 6.04 Å². The molecule has 1 aromatic heterocycles. The maximum atomic E-state index is 12.3. The number of carbonyl (C=O) groups is 1. The van der Waals surface area contributed by atoms with Gasteiger partial charge in [-0.05, 0) is 34.8 Å². The summed E-state index contributed by atoms with van der Waals surface area (Å²) in [6, 6.07) is 3.89. The number of hydrogen-bond donors (Lipinski definition) is 0. The highest BCUT2D eigenvalue weighted by molar-refractivity contribution is 9.10. The van der Waals surface area contributed by atoms with E-state index in [4.69, 9.17) is 9.68 Å². The average molecular weight is 297 g/mol. The van der Waals surface area contributed by atoms with Gasteiger partial charge in [0.1, 0.15) is 6.54 Å². The Labute approximate surface area is 108 Å². The molecule has 0 unspecified atom stereocenters. The second-order valence-electron chi connectivity index (χ2n) is 4.14. The SMILES string of the molecule is N#CCN(C(=O)c1ccoc1Br)C1CCCC1. The van der Waals surface area contributed by atoms with Gasteiger partial charge in [0.25, 0.3) is 5.91 Å². The van der Waals surface area contributed by atoms with Crippen molar-refractivity contribution in [2.24, 2.45) is 0 Å². The zero-order chi connectivity index (χ0) is 12.3. The molecular weight excluding hydrogens is 284 g/mol. The van der Waals surface area contributed by atoms with Crippen molar-refractivity contribution in [2.45, 2.75) is 31.7 Å². The predicted octanol–water partition coefficient (Wildman–Crippen LogP) is 2.95. The van der Waals surface area contributed by atoms with E-state index < -0.39 is 0 Å². The van der Waals surface area contributed by atoms with E-state index in [-0.39, 0.29) is 18.5 Å². The van der Waals surface area contributed by atoms with Crippen molar-refractivity contribution >= 4 is 21.8 Å². The zero-order valence-corrected chi connectivity index (χ0v) is 10.9. The molecule has 0 N–H and O–H groups in total. The third-order valence-corrected chi connectivity index (χ3v) is 3.73. The highest BCUT2D eigenvalue weighted by atomic mass is 79.9. The van der Waals surface area contributed by atoms with Crippen molar-refractivity contribution in [1.82, 2.24) is 4.90 Å². The van der Waals surface area contributed by atoms with Crippen LogP contribution in [0, 0.1) is 11.3 Å². The molecular formula is C12H13BrN2O2. The molecule has 17 heavy (non-hydrogen) atoms. The molecule has 1 aromatic rings. The highest BCUT2D eigenvalue weighted by Crippen LogP contribution is 2.27. The van der Waals surface area contributed by atoms with Gasteiger partial charge in [0.2, 0.25) is 0 Å². The normalized spacial score (nSPS) is 15.8. The quantitative estimate of drug-likeness (QED) is 0.806. The van der Waals surface area contributed by atoms with Crippen LogP contribution in [-0.4, -0.2) is 23.4 Å². The number of nitriles is 1. The number of furan rings is 1. The van der Waals surface area contributed by atoms with E-state index in [2.05, 4.69) is 22.0 Å². The summed E-state index contributed by atoms with van der Waals surface area (Å²) in [7, 11) is 0. The van der Waals surface area contributed by atoms with Crippen molar-refractivity contribution in [3.05, 3.63) is 22.6 Å². The molecule has 0 aliphatic heterocycles. The lowest BCUT2D eigenvalue weighted by Crippen LogP contribution is -2.39. The molecule has 0 saturated heterocycles. The summed E-state index contributed by atoms with van der Waals surface area (Å²) in [6.45, 7) is 0.140. The monoisotopic (exact) mass is 296 g/mol. The number of nitrogens with zero attached hydrogens (tertiary/aromatic N) is 2. The van der Waals surface area contributed by atoms with Crippen molar-refractivity contribution in [2.75, 3.05) is 6.54 Å². The molecule has 2 rings (SSSR count). The zero-order valence-electron chi connectivity index (χ0n) is 9.36. The van der Waals surface area contributed by atoms with Crippen LogP contribution in [-0.2, 0) is 0 Å². The molecule has 0 aromatic carbocycles. The van der Waals surface area contributed by atoms with Gasteiger partial charge < -0.3 is 9.32 Å². The summed E-state index contributed by atoms with van der Waals surface area (Å²) < 4.78 is 5.50. The summed E-state index contributed by atoms with van der Waals surface area (Å²) in [4.78, 5) is 13.9. The Kier molecular flexibility index (Phi) is 3.85. The third-order valence-electron chi connectivity index (χ3n) is 3.12. The fraction of sp³-hybridized carbons (Fsp3) is 0.500. The molecule has 0 bridgehead atoms. The van der Waals surface area contributed by atoms with Gasteiger partial charge in [-0.25, -0.2) is 0 Å². The second kappa shape index (κ2) is 5.37. The lowest BCUT2D eigenvalue weighted by Gasteiger charge is -2.26. The topological polar surface area (TPSA) is 57.2 Å². The van der Waals surface area contributed by atoms with E-state index in [1.165, 1.54) is 6.26 Å². The van der Waals surface area contributed by atoms with Crippen LogP contribution in [0.5, 0.6) is 0 Å². The lowest BCUT2D eigenvalue weighted by atomic mass is 10.2. The van der Waals surface area contributed by atoms with E-state index in [1.807, 2.05) is 0 Å². The van der Waals surface area contributed by atoms with Gasteiger partial charge in [-0.3, -0.25) is 4.79 Å². The van der Waals surface area contributed by atoms with Crippen molar-refractivity contribution in [1.29, 1.82) is 5.26 Å². The molecule has 4 nitrogen and oxygen atoms in total. The number of carbonyl (C=O) groups excluding carboxylic acids is 1. The first-order chi connectivity index (χ1) is 8.24. The number of hydrogen-bond acceptors (Lipinski definition) is 3. The molecule has 1 aliphatic carbocycles. The largest absolute Gasteiger partial charge is 0.457 e.